The minimum atomic E-state index is -0.778. The quantitative estimate of drug-likeness (QED) is 0.0277. The lowest BCUT2D eigenvalue weighted by Crippen LogP contribution is -2.30. The van der Waals surface area contributed by atoms with E-state index in [0.717, 1.165) is 89.9 Å². The van der Waals surface area contributed by atoms with Crippen LogP contribution in [0.25, 0.3) is 0 Å². The molecule has 0 heterocycles. The van der Waals surface area contributed by atoms with Crippen molar-refractivity contribution in [1.82, 2.24) is 0 Å². The third kappa shape index (κ3) is 36.9. The Morgan fingerprint density at radius 3 is 1.22 bits per heavy atom. The van der Waals surface area contributed by atoms with Crippen molar-refractivity contribution in [2.75, 3.05) is 13.2 Å². The molecule has 0 fully saturated rings. The molecule has 1 atom stereocenters. The molecule has 0 aromatic heterocycles. The molecule has 0 saturated carbocycles. The second kappa shape index (κ2) is 39.4. The van der Waals surface area contributed by atoms with Crippen LogP contribution < -0.4 is 0 Å². The van der Waals surface area contributed by atoms with Gasteiger partial charge in [-0.3, -0.25) is 14.4 Å². The van der Waals surface area contributed by atoms with Crippen LogP contribution in [-0.2, 0) is 28.6 Å². The molecule has 0 aliphatic rings. The minimum absolute atomic E-state index is 0.0823. The summed E-state index contributed by atoms with van der Waals surface area (Å²) in [6, 6.07) is 0. The monoisotopic (exact) mass is 703 g/mol. The molecule has 0 aromatic carbocycles. The van der Waals surface area contributed by atoms with E-state index in [1.165, 1.54) is 77.0 Å². The van der Waals surface area contributed by atoms with Gasteiger partial charge in [-0.1, -0.05) is 173 Å². The molecule has 290 valence electrons. The number of ether oxygens (including phenoxy) is 3. The summed E-state index contributed by atoms with van der Waals surface area (Å²) in [6.07, 6.45) is 43.0. The van der Waals surface area contributed by atoms with E-state index in [0.29, 0.717) is 19.3 Å². The summed E-state index contributed by atoms with van der Waals surface area (Å²) in [5, 5.41) is 0. The lowest BCUT2D eigenvalue weighted by atomic mass is 10.0. The van der Waals surface area contributed by atoms with Gasteiger partial charge in [0.15, 0.2) is 6.10 Å². The Morgan fingerprint density at radius 1 is 0.420 bits per heavy atom. The van der Waals surface area contributed by atoms with Crippen LogP contribution in [0.15, 0.2) is 36.5 Å². The van der Waals surface area contributed by atoms with E-state index in [1.807, 2.05) is 0 Å². The fourth-order valence-electron chi connectivity index (χ4n) is 5.75. The summed E-state index contributed by atoms with van der Waals surface area (Å²) in [4.78, 5) is 37.3. The van der Waals surface area contributed by atoms with E-state index >= 15 is 0 Å². The molecule has 0 bridgehead atoms. The van der Waals surface area contributed by atoms with Gasteiger partial charge in [-0.25, -0.2) is 0 Å². The standard InChI is InChI=1S/C44H78O6/c1-4-7-10-13-15-17-19-21-23-24-26-28-31-34-37-43(46)49-40-41(39-48-42(45)36-33-30-12-9-6-3)50-44(47)38-35-32-29-27-25-22-20-18-16-14-11-8-5-2/h8,11,16,18,22,25,41H,4-7,9-10,12-15,17,19-21,23-24,26-40H2,1-3H3/b11-8-,18-16-,25-22-. The lowest BCUT2D eigenvalue weighted by Gasteiger charge is -2.18. The number of carbonyl (C=O) groups excluding carboxylic acids is 3. The minimum Gasteiger partial charge on any atom is -0.462 e. The highest BCUT2D eigenvalue weighted by molar-refractivity contribution is 5.71. The van der Waals surface area contributed by atoms with Gasteiger partial charge in [0.25, 0.3) is 0 Å². The fourth-order valence-corrected chi connectivity index (χ4v) is 5.75. The van der Waals surface area contributed by atoms with E-state index in [4.69, 9.17) is 14.2 Å². The molecule has 0 radical (unpaired) electrons. The Labute approximate surface area is 308 Å². The molecule has 6 heteroatoms. The van der Waals surface area contributed by atoms with Crippen LogP contribution in [0.3, 0.4) is 0 Å². The van der Waals surface area contributed by atoms with Crippen molar-refractivity contribution in [2.45, 2.75) is 213 Å². The molecular formula is C44H78O6. The van der Waals surface area contributed by atoms with Crippen molar-refractivity contribution in [1.29, 1.82) is 0 Å². The average Bonchev–Trinajstić information content (AvgIpc) is 3.11. The lowest BCUT2D eigenvalue weighted by molar-refractivity contribution is -0.167. The van der Waals surface area contributed by atoms with Gasteiger partial charge in [0.2, 0.25) is 0 Å². The highest BCUT2D eigenvalue weighted by Crippen LogP contribution is 2.14. The van der Waals surface area contributed by atoms with Gasteiger partial charge in [0, 0.05) is 19.3 Å². The van der Waals surface area contributed by atoms with Crippen LogP contribution in [-0.4, -0.2) is 37.2 Å². The Hall–Kier alpha value is -2.37. The fraction of sp³-hybridized carbons (Fsp3) is 0.795. The largest absolute Gasteiger partial charge is 0.462 e. The molecule has 0 aliphatic carbocycles. The zero-order chi connectivity index (χ0) is 36.6. The molecule has 0 amide bonds. The first kappa shape index (κ1) is 47.6. The van der Waals surface area contributed by atoms with Crippen molar-refractivity contribution >= 4 is 17.9 Å². The van der Waals surface area contributed by atoms with Crippen molar-refractivity contribution in [2.24, 2.45) is 0 Å². The molecule has 1 unspecified atom stereocenters. The SMILES string of the molecule is CC/C=C\C/C=C\C/C=C\CCCCCC(=O)OC(COC(=O)CCCCCCC)COC(=O)CCCCCCCCCCCCCCCC. The van der Waals surface area contributed by atoms with Crippen molar-refractivity contribution < 1.29 is 28.6 Å². The maximum absolute atomic E-state index is 12.6. The molecular weight excluding hydrogens is 624 g/mol. The molecule has 0 rings (SSSR count). The van der Waals surface area contributed by atoms with E-state index < -0.39 is 6.10 Å². The molecule has 0 aliphatic heterocycles. The van der Waals surface area contributed by atoms with Crippen LogP contribution >= 0.6 is 0 Å². The zero-order valence-electron chi connectivity index (χ0n) is 32.9. The number of hydrogen-bond donors (Lipinski definition) is 0. The molecule has 0 N–H and O–H groups in total. The predicted molar refractivity (Wildman–Crippen MR) is 210 cm³/mol. The first-order valence-corrected chi connectivity index (χ1v) is 21.0. The van der Waals surface area contributed by atoms with Crippen molar-refractivity contribution in [3.8, 4) is 0 Å². The number of unbranched alkanes of at least 4 members (excludes halogenated alkanes) is 20. The summed E-state index contributed by atoms with van der Waals surface area (Å²) in [7, 11) is 0. The Kier molecular flexibility index (Phi) is 37.5. The summed E-state index contributed by atoms with van der Waals surface area (Å²) in [5.74, 6) is -0.927. The van der Waals surface area contributed by atoms with Gasteiger partial charge in [-0.15, -0.1) is 0 Å². The second-order valence-electron chi connectivity index (χ2n) is 13.9. The van der Waals surface area contributed by atoms with Gasteiger partial charge in [0.05, 0.1) is 0 Å². The number of allylic oxidation sites excluding steroid dienone is 6. The van der Waals surface area contributed by atoms with E-state index in [-0.39, 0.29) is 31.1 Å². The highest BCUT2D eigenvalue weighted by atomic mass is 16.6. The zero-order valence-corrected chi connectivity index (χ0v) is 32.9. The third-order valence-electron chi connectivity index (χ3n) is 8.91. The smallest absolute Gasteiger partial charge is 0.306 e. The maximum Gasteiger partial charge on any atom is 0.306 e. The van der Waals surface area contributed by atoms with E-state index in [2.05, 4.69) is 57.2 Å². The number of hydrogen-bond acceptors (Lipinski definition) is 6. The van der Waals surface area contributed by atoms with E-state index in [9.17, 15) is 14.4 Å². The number of carbonyl (C=O) groups is 3. The van der Waals surface area contributed by atoms with Gasteiger partial charge in [-0.2, -0.15) is 0 Å². The van der Waals surface area contributed by atoms with Crippen molar-refractivity contribution in [3.05, 3.63) is 36.5 Å². The normalized spacial score (nSPS) is 12.3. The second-order valence-corrected chi connectivity index (χ2v) is 13.9. The number of rotatable bonds is 37. The number of esters is 3. The van der Waals surface area contributed by atoms with Crippen LogP contribution in [0.4, 0.5) is 0 Å². The Balaban J connectivity index is 4.29. The predicted octanol–water partition coefficient (Wildman–Crippen LogP) is 13.0. The van der Waals surface area contributed by atoms with Gasteiger partial charge >= 0.3 is 17.9 Å². The average molecular weight is 703 g/mol. The molecule has 6 nitrogen and oxygen atoms in total. The molecule has 0 aromatic rings. The first-order chi connectivity index (χ1) is 24.5. The molecule has 50 heavy (non-hydrogen) atoms. The first-order valence-electron chi connectivity index (χ1n) is 21.0. The van der Waals surface area contributed by atoms with Crippen LogP contribution in [0.2, 0.25) is 0 Å². The summed E-state index contributed by atoms with van der Waals surface area (Å²) < 4.78 is 16.5. The van der Waals surface area contributed by atoms with Gasteiger partial charge in [-0.05, 0) is 51.4 Å². The molecule has 0 saturated heterocycles. The van der Waals surface area contributed by atoms with Gasteiger partial charge in [0.1, 0.15) is 13.2 Å². The van der Waals surface area contributed by atoms with Gasteiger partial charge < -0.3 is 14.2 Å². The topological polar surface area (TPSA) is 78.9 Å². The Morgan fingerprint density at radius 2 is 0.780 bits per heavy atom. The van der Waals surface area contributed by atoms with Crippen LogP contribution in [0.5, 0.6) is 0 Å². The molecule has 0 spiro atoms. The van der Waals surface area contributed by atoms with Crippen molar-refractivity contribution in [3.63, 3.8) is 0 Å². The van der Waals surface area contributed by atoms with Crippen LogP contribution in [0, 0.1) is 0 Å². The highest BCUT2D eigenvalue weighted by Gasteiger charge is 2.19. The summed E-state index contributed by atoms with van der Waals surface area (Å²) in [6.45, 7) is 6.40. The maximum atomic E-state index is 12.6. The Bertz CT molecular complexity index is 861. The summed E-state index contributed by atoms with van der Waals surface area (Å²) >= 11 is 0. The van der Waals surface area contributed by atoms with Crippen LogP contribution in [0.1, 0.15) is 207 Å². The van der Waals surface area contributed by atoms with E-state index in [1.54, 1.807) is 0 Å². The summed E-state index contributed by atoms with van der Waals surface area (Å²) in [5.41, 5.74) is 0. The third-order valence-corrected chi connectivity index (χ3v) is 8.91.